The first kappa shape index (κ1) is 14.4. The Morgan fingerprint density at radius 3 is 2.80 bits per heavy atom. The monoisotopic (exact) mass is 280 g/mol. The van der Waals surface area contributed by atoms with Crippen LogP contribution in [0.4, 0.5) is 4.79 Å². The molecule has 1 heterocycles. The molecule has 7 heteroatoms. The van der Waals surface area contributed by atoms with Crippen LogP contribution in [0.5, 0.6) is 0 Å². The Morgan fingerprint density at radius 1 is 1.45 bits per heavy atom. The normalized spacial score (nSPS) is 16.8. The predicted molar refractivity (Wildman–Crippen MR) is 72.2 cm³/mol. The number of nitrogens with zero attached hydrogens (tertiary/aromatic N) is 1. The van der Waals surface area contributed by atoms with Gasteiger partial charge < -0.3 is 20.7 Å². The second kappa shape index (κ2) is 6.93. The van der Waals surface area contributed by atoms with E-state index in [1.807, 2.05) is 0 Å². The Hall–Kier alpha value is -2.05. The summed E-state index contributed by atoms with van der Waals surface area (Å²) in [5.41, 5.74) is 0.675. The third-order valence-electron chi connectivity index (χ3n) is 3.61. The maximum Gasteiger partial charge on any atom is 0.326 e. The van der Waals surface area contributed by atoms with Gasteiger partial charge in [-0.15, -0.1) is 0 Å². The molecule has 7 nitrogen and oxygen atoms in total. The topological polar surface area (TPSA) is 107 Å². The molecule has 0 aromatic carbocycles. The van der Waals surface area contributed by atoms with Gasteiger partial charge in [0.1, 0.15) is 6.04 Å². The number of nitrogens with one attached hydrogen (secondary N) is 3. The minimum Gasteiger partial charge on any atom is -0.480 e. The Bertz CT molecular complexity index is 440. The van der Waals surface area contributed by atoms with E-state index in [2.05, 4.69) is 20.6 Å². The summed E-state index contributed by atoms with van der Waals surface area (Å²) in [5.74, 6) is -0.535. The zero-order chi connectivity index (χ0) is 14.4. The zero-order valence-corrected chi connectivity index (χ0v) is 11.3. The highest BCUT2D eigenvalue weighted by Gasteiger charge is 2.22. The first-order chi connectivity index (χ1) is 9.65. The van der Waals surface area contributed by atoms with Crippen LogP contribution in [0, 0.1) is 5.92 Å². The lowest BCUT2D eigenvalue weighted by molar-refractivity contribution is -0.139. The van der Waals surface area contributed by atoms with Gasteiger partial charge >= 0.3 is 12.0 Å². The standard InChI is InChI=1S/C13H20N4O3/c18-12(19)11(5-10-7-14-8-16-10)17-13(20)15-6-9-3-1-2-4-9/h7-9,11H,1-6H2,(H,14,16)(H,18,19)(H2,15,17,20)/t11-/m1/s1. The first-order valence-corrected chi connectivity index (χ1v) is 6.89. The number of carboxylic acid groups (broad SMARTS) is 1. The highest BCUT2D eigenvalue weighted by Crippen LogP contribution is 2.23. The Balaban J connectivity index is 1.78. The average Bonchev–Trinajstić information content (AvgIpc) is 3.08. The number of hydrogen-bond acceptors (Lipinski definition) is 3. The van der Waals surface area contributed by atoms with E-state index in [-0.39, 0.29) is 6.42 Å². The van der Waals surface area contributed by atoms with Crippen molar-refractivity contribution in [2.45, 2.75) is 38.1 Å². The summed E-state index contributed by atoms with van der Waals surface area (Å²) in [6, 6.07) is -1.39. The number of imidazole rings is 1. The highest BCUT2D eigenvalue weighted by atomic mass is 16.4. The lowest BCUT2D eigenvalue weighted by Crippen LogP contribution is -2.48. The largest absolute Gasteiger partial charge is 0.480 e. The number of hydrogen-bond donors (Lipinski definition) is 4. The maximum atomic E-state index is 11.7. The molecular weight excluding hydrogens is 260 g/mol. The number of aromatic amines is 1. The van der Waals surface area contributed by atoms with E-state index in [4.69, 9.17) is 5.11 Å². The smallest absolute Gasteiger partial charge is 0.326 e. The number of aromatic nitrogens is 2. The van der Waals surface area contributed by atoms with Gasteiger partial charge in [-0.1, -0.05) is 12.8 Å². The van der Waals surface area contributed by atoms with Crippen LogP contribution in [0.2, 0.25) is 0 Å². The van der Waals surface area contributed by atoms with Crippen LogP contribution < -0.4 is 10.6 Å². The van der Waals surface area contributed by atoms with Crippen molar-refractivity contribution >= 4 is 12.0 Å². The lowest BCUT2D eigenvalue weighted by atomic mass is 10.1. The van der Waals surface area contributed by atoms with E-state index in [1.54, 1.807) is 6.20 Å². The molecule has 1 aromatic rings. The Morgan fingerprint density at radius 2 is 2.20 bits per heavy atom. The molecule has 20 heavy (non-hydrogen) atoms. The molecule has 2 rings (SSSR count). The highest BCUT2D eigenvalue weighted by molar-refractivity contribution is 5.82. The van der Waals surface area contributed by atoms with Crippen molar-refractivity contribution in [3.63, 3.8) is 0 Å². The van der Waals surface area contributed by atoms with Gasteiger partial charge in [0.15, 0.2) is 0 Å². The Labute approximate surface area is 117 Å². The van der Waals surface area contributed by atoms with E-state index in [0.29, 0.717) is 18.2 Å². The summed E-state index contributed by atoms with van der Waals surface area (Å²) in [5, 5.41) is 14.4. The van der Waals surface area contributed by atoms with Crippen molar-refractivity contribution < 1.29 is 14.7 Å². The van der Waals surface area contributed by atoms with E-state index in [1.165, 1.54) is 19.2 Å². The average molecular weight is 280 g/mol. The van der Waals surface area contributed by atoms with Gasteiger partial charge in [0.2, 0.25) is 0 Å². The molecule has 0 radical (unpaired) electrons. The Kier molecular flexibility index (Phi) is 4.97. The fourth-order valence-corrected chi connectivity index (χ4v) is 2.48. The molecule has 1 aliphatic carbocycles. The van der Waals surface area contributed by atoms with Crippen molar-refractivity contribution in [2.75, 3.05) is 6.54 Å². The fourth-order valence-electron chi connectivity index (χ4n) is 2.48. The molecule has 1 fully saturated rings. The van der Waals surface area contributed by atoms with Gasteiger partial charge in [0, 0.05) is 24.9 Å². The number of aliphatic carboxylic acids is 1. The molecule has 4 N–H and O–H groups in total. The van der Waals surface area contributed by atoms with Crippen molar-refractivity contribution in [1.82, 2.24) is 20.6 Å². The molecule has 0 unspecified atom stereocenters. The number of urea groups is 1. The summed E-state index contributed by atoms with van der Waals surface area (Å²) in [4.78, 5) is 29.5. The fraction of sp³-hybridized carbons (Fsp3) is 0.615. The lowest BCUT2D eigenvalue weighted by Gasteiger charge is -2.16. The van der Waals surface area contributed by atoms with Crippen LogP contribution in [-0.2, 0) is 11.2 Å². The summed E-state index contributed by atoms with van der Waals surface area (Å²) in [6.07, 6.45) is 7.92. The molecule has 1 saturated carbocycles. The van der Waals surface area contributed by atoms with Crippen LogP contribution in [0.1, 0.15) is 31.4 Å². The van der Waals surface area contributed by atoms with E-state index in [9.17, 15) is 9.59 Å². The van der Waals surface area contributed by atoms with Gasteiger partial charge in [0.05, 0.1) is 6.33 Å². The van der Waals surface area contributed by atoms with Crippen LogP contribution in [-0.4, -0.2) is 39.7 Å². The molecule has 0 aliphatic heterocycles. The molecule has 1 aliphatic rings. The zero-order valence-electron chi connectivity index (χ0n) is 11.3. The van der Waals surface area contributed by atoms with E-state index in [0.717, 1.165) is 12.8 Å². The number of amides is 2. The molecule has 0 spiro atoms. The summed E-state index contributed by atoms with van der Waals surface area (Å²) in [7, 11) is 0. The van der Waals surface area contributed by atoms with Crippen LogP contribution in [0.3, 0.4) is 0 Å². The third kappa shape index (κ3) is 4.25. The predicted octanol–water partition coefficient (Wildman–Crippen LogP) is 0.895. The van der Waals surface area contributed by atoms with Crippen LogP contribution >= 0.6 is 0 Å². The number of carboxylic acids is 1. The molecule has 0 bridgehead atoms. The van der Waals surface area contributed by atoms with E-state index < -0.39 is 18.0 Å². The van der Waals surface area contributed by atoms with Gasteiger partial charge in [-0.2, -0.15) is 0 Å². The van der Waals surface area contributed by atoms with Crippen molar-refractivity contribution in [2.24, 2.45) is 5.92 Å². The second-order valence-corrected chi connectivity index (χ2v) is 5.18. The van der Waals surface area contributed by atoms with Crippen LogP contribution in [0.25, 0.3) is 0 Å². The van der Waals surface area contributed by atoms with Crippen molar-refractivity contribution in [3.05, 3.63) is 18.2 Å². The number of carbonyl (C=O) groups excluding carboxylic acids is 1. The number of carbonyl (C=O) groups is 2. The minimum absolute atomic E-state index is 0.187. The second-order valence-electron chi connectivity index (χ2n) is 5.18. The summed E-state index contributed by atoms with van der Waals surface area (Å²) in [6.45, 7) is 0.613. The molecule has 2 amide bonds. The number of H-pyrrole nitrogens is 1. The summed E-state index contributed by atoms with van der Waals surface area (Å²) < 4.78 is 0. The third-order valence-corrected chi connectivity index (χ3v) is 3.61. The summed E-state index contributed by atoms with van der Waals surface area (Å²) >= 11 is 0. The van der Waals surface area contributed by atoms with Gasteiger partial charge in [0.25, 0.3) is 0 Å². The first-order valence-electron chi connectivity index (χ1n) is 6.89. The molecule has 1 atom stereocenters. The van der Waals surface area contributed by atoms with Gasteiger partial charge in [-0.3, -0.25) is 0 Å². The van der Waals surface area contributed by atoms with Crippen molar-refractivity contribution in [3.8, 4) is 0 Å². The van der Waals surface area contributed by atoms with E-state index >= 15 is 0 Å². The molecule has 110 valence electrons. The number of rotatable bonds is 6. The SMILES string of the molecule is O=C(NCC1CCCC1)N[C@H](Cc1cnc[nH]1)C(=O)O. The van der Waals surface area contributed by atoms with Crippen molar-refractivity contribution in [1.29, 1.82) is 0 Å². The minimum atomic E-state index is -1.06. The molecular formula is C13H20N4O3. The quantitative estimate of drug-likeness (QED) is 0.621. The molecule has 0 saturated heterocycles. The van der Waals surface area contributed by atoms with Gasteiger partial charge in [-0.05, 0) is 18.8 Å². The molecule has 1 aromatic heterocycles. The van der Waals surface area contributed by atoms with Crippen LogP contribution in [0.15, 0.2) is 12.5 Å². The van der Waals surface area contributed by atoms with Gasteiger partial charge in [-0.25, -0.2) is 14.6 Å². The maximum absolute atomic E-state index is 11.7.